The van der Waals surface area contributed by atoms with Crippen molar-refractivity contribution in [1.29, 1.82) is 0 Å². The van der Waals surface area contributed by atoms with E-state index in [0.29, 0.717) is 25.5 Å². The van der Waals surface area contributed by atoms with Gasteiger partial charge in [-0.05, 0) is 30.2 Å². The van der Waals surface area contributed by atoms with Crippen LogP contribution in [0.5, 0.6) is 5.75 Å². The molecular formula is C14H20N2O2. The monoisotopic (exact) mass is 248 g/mol. The van der Waals surface area contributed by atoms with Crippen LogP contribution in [0, 0.1) is 5.92 Å². The predicted molar refractivity (Wildman–Crippen MR) is 71.7 cm³/mol. The number of ether oxygens (including phenoxy) is 1. The summed E-state index contributed by atoms with van der Waals surface area (Å²) < 4.78 is 5.60. The minimum atomic E-state index is -0.0469. The summed E-state index contributed by atoms with van der Waals surface area (Å²) in [4.78, 5) is 13.4. The molecule has 4 heteroatoms. The van der Waals surface area contributed by atoms with Gasteiger partial charge in [0.2, 0.25) is 5.91 Å². The van der Waals surface area contributed by atoms with E-state index < -0.39 is 0 Å². The lowest BCUT2D eigenvalue weighted by molar-refractivity contribution is -0.117. The number of nitrogens with zero attached hydrogens (tertiary/aromatic N) is 1. The van der Waals surface area contributed by atoms with Crippen molar-refractivity contribution in [2.45, 2.75) is 26.3 Å². The Morgan fingerprint density at radius 3 is 2.56 bits per heavy atom. The first-order valence-electron chi connectivity index (χ1n) is 6.35. The van der Waals surface area contributed by atoms with E-state index in [1.807, 2.05) is 24.3 Å². The van der Waals surface area contributed by atoms with Gasteiger partial charge in [-0.2, -0.15) is 0 Å². The molecule has 1 amide bonds. The second kappa shape index (κ2) is 5.40. The summed E-state index contributed by atoms with van der Waals surface area (Å²) in [7, 11) is 0. The second-order valence-electron chi connectivity index (χ2n) is 5.17. The maximum Gasteiger partial charge on any atom is 0.228 e. The van der Waals surface area contributed by atoms with Crippen molar-refractivity contribution in [3.63, 3.8) is 0 Å². The number of rotatable bonds is 4. The average molecular weight is 248 g/mol. The van der Waals surface area contributed by atoms with Crippen molar-refractivity contribution in [1.82, 2.24) is 0 Å². The van der Waals surface area contributed by atoms with Crippen LogP contribution in [-0.2, 0) is 4.79 Å². The molecule has 0 aliphatic carbocycles. The lowest BCUT2D eigenvalue weighted by atomic mass is 10.2. The second-order valence-corrected chi connectivity index (χ2v) is 5.17. The summed E-state index contributed by atoms with van der Waals surface area (Å²) in [6.07, 6.45) is 0.436. The van der Waals surface area contributed by atoms with Gasteiger partial charge in [0.25, 0.3) is 0 Å². The van der Waals surface area contributed by atoms with Crippen LogP contribution in [0.3, 0.4) is 0 Å². The number of hydrogen-bond acceptors (Lipinski definition) is 3. The fraction of sp³-hybridized carbons (Fsp3) is 0.500. The Hall–Kier alpha value is -1.55. The van der Waals surface area contributed by atoms with E-state index in [1.165, 1.54) is 0 Å². The molecule has 0 aromatic heterocycles. The minimum absolute atomic E-state index is 0.0469. The molecule has 0 bridgehead atoms. The van der Waals surface area contributed by atoms with Crippen molar-refractivity contribution >= 4 is 11.6 Å². The SMILES string of the molecule is CC(C)COc1ccc(N2CC(N)CC2=O)cc1. The third-order valence-electron chi connectivity index (χ3n) is 2.89. The summed E-state index contributed by atoms with van der Waals surface area (Å²) >= 11 is 0. The molecule has 1 saturated heterocycles. The van der Waals surface area contributed by atoms with E-state index in [4.69, 9.17) is 10.5 Å². The van der Waals surface area contributed by atoms with Crippen molar-refractivity contribution in [2.75, 3.05) is 18.1 Å². The number of anilines is 1. The molecule has 1 atom stereocenters. The van der Waals surface area contributed by atoms with Crippen LogP contribution < -0.4 is 15.4 Å². The highest BCUT2D eigenvalue weighted by atomic mass is 16.5. The van der Waals surface area contributed by atoms with Gasteiger partial charge >= 0.3 is 0 Å². The third kappa shape index (κ3) is 3.01. The van der Waals surface area contributed by atoms with Gasteiger partial charge < -0.3 is 15.4 Å². The Morgan fingerprint density at radius 2 is 2.06 bits per heavy atom. The van der Waals surface area contributed by atoms with Gasteiger partial charge in [-0.25, -0.2) is 0 Å². The van der Waals surface area contributed by atoms with Gasteiger partial charge in [0, 0.05) is 24.7 Å². The zero-order valence-electron chi connectivity index (χ0n) is 10.9. The van der Waals surface area contributed by atoms with E-state index in [1.54, 1.807) is 4.90 Å². The van der Waals surface area contributed by atoms with E-state index in [2.05, 4.69) is 13.8 Å². The standard InChI is InChI=1S/C14H20N2O2/c1-10(2)9-18-13-5-3-12(4-6-13)16-8-11(15)7-14(16)17/h3-6,10-11H,7-9,15H2,1-2H3. The quantitative estimate of drug-likeness (QED) is 0.883. The molecule has 0 saturated carbocycles. The summed E-state index contributed by atoms with van der Waals surface area (Å²) in [5.74, 6) is 1.43. The first kappa shape index (κ1) is 12.9. The Bertz CT molecular complexity index is 414. The Balaban J connectivity index is 2.01. The molecule has 4 nitrogen and oxygen atoms in total. The summed E-state index contributed by atoms with van der Waals surface area (Å²) in [6.45, 7) is 5.52. The maximum atomic E-state index is 11.7. The van der Waals surface area contributed by atoms with Crippen LogP contribution in [0.25, 0.3) is 0 Å². The lowest BCUT2D eigenvalue weighted by Crippen LogP contribution is -2.27. The summed E-state index contributed by atoms with van der Waals surface area (Å²) in [5, 5.41) is 0. The van der Waals surface area contributed by atoms with E-state index >= 15 is 0 Å². The molecular weight excluding hydrogens is 228 g/mol. The van der Waals surface area contributed by atoms with Crippen LogP contribution in [0.15, 0.2) is 24.3 Å². The van der Waals surface area contributed by atoms with Gasteiger partial charge in [-0.15, -0.1) is 0 Å². The van der Waals surface area contributed by atoms with Crippen molar-refractivity contribution in [3.8, 4) is 5.75 Å². The molecule has 18 heavy (non-hydrogen) atoms. The first-order chi connectivity index (χ1) is 8.56. The Kier molecular flexibility index (Phi) is 3.87. The number of carbonyl (C=O) groups excluding carboxylic acids is 1. The first-order valence-corrected chi connectivity index (χ1v) is 6.35. The van der Waals surface area contributed by atoms with Crippen LogP contribution in [0.2, 0.25) is 0 Å². The van der Waals surface area contributed by atoms with E-state index in [9.17, 15) is 4.79 Å². The molecule has 2 rings (SSSR count). The van der Waals surface area contributed by atoms with Gasteiger partial charge in [-0.1, -0.05) is 13.8 Å². The third-order valence-corrected chi connectivity index (χ3v) is 2.89. The molecule has 1 aliphatic heterocycles. The van der Waals surface area contributed by atoms with Gasteiger partial charge in [0.1, 0.15) is 5.75 Å². The smallest absolute Gasteiger partial charge is 0.228 e. The molecule has 0 spiro atoms. The Morgan fingerprint density at radius 1 is 1.39 bits per heavy atom. The van der Waals surface area contributed by atoms with Crippen molar-refractivity contribution in [3.05, 3.63) is 24.3 Å². The fourth-order valence-corrected chi connectivity index (χ4v) is 1.97. The van der Waals surface area contributed by atoms with Gasteiger partial charge in [0.15, 0.2) is 0 Å². The molecule has 1 aromatic rings. The number of nitrogens with two attached hydrogens (primary N) is 1. The molecule has 2 N–H and O–H groups in total. The Labute approximate surface area is 108 Å². The number of amides is 1. The van der Waals surface area contributed by atoms with Crippen LogP contribution in [0.1, 0.15) is 20.3 Å². The zero-order valence-corrected chi connectivity index (χ0v) is 10.9. The molecule has 1 aliphatic rings. The molecule has 98 valence electrons. The van der Waals surface area contributed by atoms with E-state index in [-0.39, 0.29) is 11.9 Å². The minimum Gasteiger partial charge on any atom is -0.493 e. The predicted octanol–water partition coefficient (Wildman–Crippen LogP) is 1.79. The number of hydrogen-bond donors (Lipinski definition) is 1. The number of carbonyl (C=O) groups is 1. The molecule has 0 radical (unpaired) electrons. The zero-order chi connectivity index (χ0) is 13.1. The van der Waals surface area contributed by atoms with Crippen molar-refractivity contribution in [2.24, 2.45) is 11.7 Å². The molecule has 1 unspecified atom stereocenters. The normalized spacial score (nSPS) is 19.7. The topological polar surface area (TPSA) is 55.6 Å². The number of benzene rings is 1. The lowest BCUT2D eigenvalue weighted by Gasteiger charge is -2.16. The molecule has 1 heterocycles. The van der Waals surface area contributed by atoms with Crippen LogP contribution in [-0.4, -0.2) is 25.1 Å². The largest absolute Gasteiger partial charge is 0.493 e. The van der Waals surface area contributed by atoms with Crippen molar-refractivity contribution < 1.29 is 9.53 Å². The van der Waals surface area contributed by atoms with E-state index in [0.717, 1.165) is 11.4 Å². The fourth-order valence-electron chi connectivity index (χ4n) is 1.97. The summed E-state index contributed by atoms with van der Waals surface area (Å²) in [5.41, 5.74) is 6.67. The summed E-state index contributed by atoms with van der Waals surface area (Å²) in [6, 6.07) is 7.57. The highest BCUT2D eigenvalue weighted by Gasteiger charge is 2.27. The highest BCUT2D eigenvalue weighted by molar-refractivity contribution is 5.96. The van der Waals surface area contributed by atoms with Gasteiger partial charge in [0.05, 0.1) is 6.61 Å². The van der Waals surface area contributed by atoms with Gasteiger partial charge in [-0.3, -0.25) is 4.79 Å². The molecule has 1 aromatic carbocycles. The van der Waals surface area contributed by atoms with Crippen LogP contribution in [0.4, 0.5) is 5.69 Å². The van der Waals surface area contributed by atoms with Crippen LogP contribution >= 0.6 is 0 Å². The highest BCUT2D eigenvalue weighted by Crippen LogP contribution is 2.23. The average Bonchev–Trinajstić information content (AvgIpc) is 2.66. The molecule has 1 fully saturated rings. The maximum absolute atomic E-state index is 11.7.